The van der Waals surface area contributed by atoms with Gasteiger partial charge in [0.15, 0.2) is 0 Å². The van der Waals surface area contributed by atoms with Gasteiger partial charge in [-0.2, -0.15) is 0 Å². The molecule has 0 aliphatic heterocycles. The van der Waals surface area contributed by atoms with Crippen molar-refractivity contribution in [2.75, 3.05) is 0 Å². The molecule has 0 aromatic rings. The SMILES string of the molecule is C/C=C\N=C(I)C(C)N. The zero-order chi connectivity index (χ0) is 7.28. The molecule has 0 fully saturated rings. The molecule has 0 bridgehead atoms. The Morgan fingerprint density at radius 3 is 2.67 bits per heavy atom. The molecule has 0 spiro atoms. The minimum Gasteiger partial charge on any atom is -0.322 e. The zero-order valence-corrected chi connectivity index (χ0v) is 7.79. The molecule has 1 unspecified atom stereocenters. The highest BCUT2D eigenvalue weighted by molar-refractivity contribution is 14.1. The Bertz CT molecular complexity index is 127. The number of hydrogen-bond donors (Lipinski definition) is 1. The summed E-state index contributed by atoms with van der Waals surface area (Å²) in [6.07, 6.45) is 3.62. The molecule has 0 aliphatic carbocycles. The van der Waals surface area contributed by atoms with E-state index in [1.165, 1.54) is 0 Å². The molecule has 0 rings (SSSR count). The summed E-state index contributed by atoms with van der Waals surface area (Å²) in [4.78, 5) is 4.04. The van der Waals surface area contributed by atoms with Gasteiger partial charge in [-0.15, -0.1) is 0 Å². The lowest BCUT2D eigenvalue weighted by Crippen LogP contribution is -2.21. The van der Waals surface area contributed by atoms with E-state index in [1.807, 2.05) is 19.9 Å². The van der Waals surface area contributed by atoms with Crippen LogP contribution in [-0.4, -0.2) is 9.76 Å². The fraction of sp³-hybridized carbons (Fsp3) is 0.500. The van der Waals surface area contributed by atoms with E-state index in [9.17, 15) is 0 Å². The largest absolute Gasteiger partial charge is 0.322 e. The predicted octanol–water partition coefficient (Wildman–Crippen LogP) is 1.70. The number of allylic oxidation sites excluding steroid dienone is 1. The van der Waals surface area contributed by atoms with Crippen LogP contribution < -0.4 is 5.73 Å². The van der Waals surface area contributed by atoms with E-state index < -0.39 is 0 Å². The zero-order valence-electron chi connectivity index (χ0n) is 5.63. The van der Waals surface area contributed by atoms with Crippen LogP contribution in [0.25, 0.3) is 0 Å². The van der Waals surface area contributed by atoms with Crippen LogP contribution in [0.5, 0.6) is 0 Å². The Morgan fingerprint density at radius 2 is 2.33 bits per heavy atom. The first-order chi connectivity index (χ1) is 4.18. The molecule has 2 nitrogen and oxygen atoms in total. The third-order valence-corrected chi connectivity index (χ3v) is 1.98. The Labute approximate surface area is 69.4 Å². The second kappa shape index (κ2) is 4.93. The lowest BCUT2D eigenvalue weighted by Gasteiger charge is -1.97. The number of rotatable bonds is 2. The van der Waals surface area contributed by atoms with E-state index in [4.69, 9.17) is 5.73 Å². The first-order valence-electron chi connectivity index (χ1n) is 2.78. The highest BCUT2D eigenvalue weighted by atomic mass is 127. The van der Waals surface area contributed by atoms with E-state index in [2.05, 4.69) is 27.6 Å². The Morgan fingerprint density at radius 1 is 1.78 bits per heavy atom. The average Bonchev–Trinajstić information content (AvgIpc) is 1.82. The summed E-state index contributed by atoms with van der Waals surface area (Å²) in [6, 6.07) is 0.0572. The summed E-state index contributed by atoms with van der Waals surface area (Å²) in [5, 5.41) is 0. The van der Waals surface area contributed by atoms with Crippen molar-refractivity contribution < 1.29 is 0 Å². The van der Waals surface area contributed by atoms with E-state index >= 15 is 0 Å². The van der Waals surface area contributed by atoms with Crippen molar-refractivity contribution >= 4 is 26.3 Å². The molecule has 3 heteroatoms. The third kappa shape index (κ3) is 4.59. The van der Waals surface area contributed by atoms with Crippen LogP contribution in [0.3, 0.4) is 0 Å². The van der Waals surface area contributed by atoms with Crippen LogP contribution in [0, 0.1) is 0 Å². The van der Waals surface area contributed by atoms with Gasteiger partial charge in [0.25, 0.3) is 0 Å². The molecular weight excluding hydrogens is 227 g/mol. The number of nitrogens with zero attached hydrogens (tertiary/aromatic N) is 1. The van der Waals surface area contributed by atoms with Gasteiger partial charge in [0.1, 0.15) is 0 Å². The summed E-state index contributed by atoms with van der Waals surface area (Å²) in [7, 11) is 0. The van der Waals surface area contributed by atoms with Gasteiger partial charge in [-0.1, -0.05) is 6.08 Å². The molecule has 9 heavy (non-hydrogen) atoms. The maximum Gasteiger partial charge on any atom is 0.0947 e. The van der Waals surface area contributed by atoms with Crippen LogP contribution in [-0.2, 0) is 0 Å². The highest BCUT2D eigenvalue weighted by Crippen LogP contribution is 1.95. The minimum atomic E-state index is 0.0572. The summed E-state index contributed by atoms with van der Waals surface area (Å²) in [6.45, 7) is 3.84. The van der Waals surface area contributed by atoms with E-state index in [1.54, 1.807) is 6.20 Å². The van der Waals surface area contributed by atoms with Gasteiger partial charge in [0.05, 0.1) is 9.76 Å². The quantitative estimate of drug-likeness (QED) is 0.577. The van der Waals surface area contributed by atoms with Gasteiger partial charge in [-0.05, 0) is 36.4 Å². The third-order valence-electron chi connectivity index (χ3n) is 0.723. The number of halogens is 1. The number of aliphatic imine (C=N–C) groups is 1. The van der Waals surface area contributed by atoms with Crippen LogP contribution in [0.1, 0.15) is 13.8 Å². The molecule has 52 valence electrons. The monoisotopic (exact) mass is 238 g/mol. The molecular formula is C6H11IN2. The maximum absolute atomic E-state index is 5.50. The Kier molecular flexibility index (Phi) is 4.99. The fourth-order valence-corrected chi connectivity index (χ4v) is 0.424. The van der Waals surface area contributed by atoms with Crippen molar-refractivity contribution in [2.24, 2.45) is 10.7 Å². The van der Waals surface area contributed by atoms with Crippen molar-refractivity contribution in [3.8, 4) is 0 Å². The highest BCUT2D eigenvalue weighted by Gasteiger charge is 1.96. The second-order valence-electron chi connectivity index (χ2n) is 1.72. The molecule has 0 amide bonds. The number of nitrogens with two attached hydrogens (primary N) is 1. The molecule has 0 heterocycles. The molecule has 0 aromatic heterocycles. The average molecular weight is 238 g/mol. The van der Waals surface area contributed by atoms with Crippen LogP contribution >= 0.6 is 22.6 Å². The summed E-state index contributed by atoms with van der Waals surface area (Å²) < 4.78 is 0.936. The fourth-order valence-electron chi connectivity index (χ4n) is 0.263. The molecule has 0 radical (unpaired) electrons. The topological polar surface area (TPSA) is 38.4 Å². The van der Waals surface area contributed by atoms with Crippen LogP contribution in [0.4, 0.5) is 0 Å². The van der Waals surface area contributed by atoms with Gasteiger partial charge < -0.3 is 5.73 Å². The van der Waals surface area contributed by atoms with Crippen LogP contribution in [0.2, 0.25) is 0 Å². The van der Waals surface area contributed by atoms with Crippen molar-refractivity contribution in [2.45, 2.75) is 19.9 Å². The van der Waals surface area contributed by atoms with E-state index in [-0.39, 0.29) is 6.04 Å². The number of hydrogen-bond acceptors (Lipinski definition) is 2. The summed E-state index contributed by atoms with van der Waals surface area (Å²) in [5.41, 5.74) is 5.50. The summed E-state index contributed by atoms with van der Waals surface area (Å²) in [5.74, 6) is 0. The first kappa shape index (κ1) is 9.10. The lowest BCUT2D eigenvalue weighted by molar-refractivity contribution is 0.992. The first-order valence-corrected chi connectivity index (χ1v) is 3.86. The van der Waals surface area contributed by atoms with Gasteiger partial charge >= 0.3 is 0 Å². The van der Waals surface area contributed by atoms with E-state index in [0.29, 0.717) is 0 Å². The molecule has 2 N–H and O–H groups in total. The van der Waals surface area contributed by atoms with E-state index in [0.717, 1.165) is 3.72 Å². The van der Waals surface area contributed by atoms with Gasteiger partial charge in [-0.25, -0.2) is 0 Å². The van der Waals surface area contributed by atoms with Crippen molar-refractivity contribution in [3.63, 3.8) is 0 Å². The van der Waals surface area contributed by atoms with Gasteiger partial charge in [-0.3, -0.25) is 4.99 Å². The molecule has 0 saturated heterocycles. The second-order valence-corrected chi connectivity index (χ2v) is 2.83. The van der Waals surface area contributed by atoms with Gasteiger partial charge in [0.2, 0.25) is 0 Å². The van der Waals surface area contributed by atoms with Crippen LogP contribution in [0.15, 0.2) is 17.3 Å². The molecule has 0 saturated carbocycles. The predicted molar refractivity (Wildman–Crippen MR) is 49.9 cm³/mol. The van der Waals surface area contributed by atoms with Crippen molar-refractivity contribution in [3.05, 3.63) is 12.3 Å². The van der Waals surface area contributed by atoms with Crippen molar-refractivity contribution in [1.29, 1.82) is 0 Å². The Hall–Kier alpha value is 0.1000. The standard InChI is InChI=1S/C6H11IN2/c1-3-4-9-6(7)5(2)8/h3-5H,8H2,1-2H3/b4-3-,9-6?. The van der Waals surface area contributed by atoms with Gasteiger partial charge in [0, 0.05) is 6.20 Å². The van der Waals surface area contributed by atoms with Crippen molar-refractivity contribution in [1.82, 2.24) is 0 Å². The Balaban J connectivity index is 3.84. The molecule has 1 atom stereocenters. The molecule has 0 aromatic carbocycles. The summed E-state index contributed by atoms with van der Waals surface area (Å²) >= 11 is 2.13. The minimum absolute atomic E-state index is 0.0572. The smallest absolute Gasteiger partial charge is 0.0947 e. The maximum atomic E-state index is 5.50. The lowest BCUT2D eigenvalue weighted by atomic mass is 10.4. The molecule has 0 aliphatic rings. The normalized spacial score (nSPS) is 16.7.